The van der Waals surface area contributed by atoms with Crippen LogP contribution in [0.3, 0.4) is 0 Å². The van der Waals surface area contributed by atoms with Crippen LogP contribution >= 0.6 is 11.6 Å². The van der Waals surface area contributed by atoms with Crippen molar-refractivity contribution in [3.05, 3.63) is 38.8 Å². The molecule has 0 aliphatic heterocycles. The molecule has 0 unspecified atom stereocenters. The van der Waals surface area contributed by atoms with E-state index in [0.29, 0.717) is 11.9 Å². The van der Waals surface area contributed by atoms with Gasteiger partial charge in [0.2, 0.25) is 0 Å². The van der Waals surface area contributed by atoms with E-state index in [2.05, 4.69) is 4.98 Å². The summed E-state index contributed by atoms with van der Waals surface area (Å²) in [7, 11) is 1.38. The predicted octanol–water partition coefficient (Wildman–Crippen LogP) is 4.14. The van der Waals surface area contributed by atoms with Crippen LogP contribution in [0.2, 0.25) is 5.02 Å². The molecule has 0 aliphatic carbocycles. The highest BCUT2D eigenvalue weighted by Crippen LogP contribution is 2.38. The normalized spacial score (nSPS) is 11.1. The maximum absolute atomic E-state index is 13.6. The minimum absolute atomic E-state index is 0.113. The van der Waals surface area contributed by atoms with Crippen molar-refractivity contribution >= 4 is 28.2 Å². The van der Waals surface area contributed by atoms with Gasteiger partial charge in [-0.1, -0.05) is 25.4 Å². The van der Waals surface area contributed by atoms with E-state index in [1.807, 2.05) is 13.8 Å². The van der Waals surface area contributed by atoms with Gasteiger partial charge in [-0.05, 0) is 18.4 Å². The van der Waals surface area contributed by atoms with E-state index in [1.54, 1.807) is 0 Å². The molecule has 0 aliphatic rings. The van der Waals surface area contributed by atoms with Gasteiger partial charge in [0.25, 0.3) is 0 Å². The number of hydrogen-bond donors (Lipinski definition) is 0. The minimum Gasteiger partial charge on any atom is -0.494 e. The maximum atomic E-state index is 13.6. The molecule has 0 saturated heterocycles. The van der Waals surface area contributed by atoms with E-state index in [4.69, 9.17) is 16.3 Å². The zero-order valence-corrected chi connectivity index (χ0v) is 12.6. The van der Waals surface area contributed by atoms with E-state index in [9.17, 15) is 14.5 Å². The number of pyridine rings is 1. The number of nitrogens with zero attached hydrogens (tertiary/aromatic N) is 2. The molecule has 0 saturated carbocycles. The largest absolute Gasteiger partial charge is 0.494 e. The summed E-state index contributed by atoms with van der Waals surface area (Å²) in [5, 5.41) is 11.3. The molecule has 0 radical (unpaired) electrons. The third-order valence-electron chi connectivity index (χ3n) is 3.01. The Morgan fingerprint density at radius 2 is 2.14 bits per heavy atom. The van der Waals surface area contributed by atoms with E-state index >= 15 is 0 Å². The fraction of sp³-hybridized carbons (Fsp3) is 0.357. The smallest absolute Gasteiger partial charge is 0.309 e. The van der Waals surface area contributed by atoms with Crippen molar-refractivity contribution < 1.29 is 14.1 Å². The highest BCUT2D eigenvalue weighted by atomic mass is 35.5. The Hall–Kier alpha value is -1.95. The fourth-order valence-corrected chi connectivity index (χ4v) is 2.49. The van der Waals surface area contributed by atoms with Gasteiger partial charge in [0.05, 0.1) is 12.0 Å². The molecule has 1 aromatic heterocycles. The number of benzene rings is 1. The molecule has 0 amide bonds. The monoisotopic (exact) mass is 312 g/mol. The second-order valence-electron chi connectivity index (χ2n) is 5.08. The van der Waals surface area contributed by atoms with Gasteiger partial charge in [-0.25, -0.2) is 9.37 Å². The molecular weight excluding hydrogens is 299 g/mol. The zero-order valence-electron chi connectivity index (χ0n) is 11.8. The third-order valence-corrected chi connectivity index (χ3v) is 3.39. The van der Waals surface area contributed by atoms with Crippen molar-refractivity contribution in [3.63, 3.8) is 0 Å². The fourth-order valence-electron chi connectivity index (χ4n) is 2.17. The molecular formula is C14H14ClFN2O3. The van der Waals surface area contributed by atoms with Gasteiger partial charge in [0.15, 0.2) is 0 Å². The predicted molar refractivity (Wildman–Crippen MR) is 78.5 cm³/mol. The van der Waals surface area contributed by atoms with Gasteiger partial charge < -0.3 is 4.74 Å². The number of nitro groups is 1. The number of rotatable bonds is 4. The summed E-state index contributed by atoms with van der Waals surface area (Å²) in [6.45, 7) is 3.84. The number of halogens is 2. The molecule has 2 aromatic rings. The number of aromatic nitrogens is 1. The molecule has 0 fully saturated rings. The zero-order chi connectivity index (χ0) is 15.7. The summed E-state index contributed by atoms with van der Waals surface area (Å²) >= 11 is 6.12. The van der Waals surface area contributed by atoms with Gasteiger partial charge in [-0.3, -0.25) is 10.1 Å². The van der Waals surface area contributed by atoms with Crippen LogP contribution in [0.4, 0.5) is 10.1 Å². The topological polar surface area (TPSA) is 65.3 Å². The first kappa shape index (κ1) is 15.4. The lowest BCUT2D eigenvalue weighted by Crippen LogP contribution is -2.05. The molecule has 1 heterocycles. The van der Waals surface area contributed by atoms with Crippen molar-refractivity contribution in [2.45, 2.75) is 20.3 Å². The van der Waals surface area contributed by atoms with Crippen LogP contribution < -0.4 is 4.74 Å². The van der Waals surface area contributed by atoms with Crippen LogP contribution in [0.25, 0.3) is 10.9 Å². The highest BCUT2D eigenvalue weighted by molar-refractivity contribution is 6.37. The summed E-state index contributed by atoms with van der Waals surface area (Å²) in [5.41, 5.74) is 0.327. The number of hydrogen-bond acceptors (Lipinski definition) is 4. The van der Waals surface area contributed by atoms with Gasteiger partial charge in [0.1, 0.15) is 27.8 Å². The summed E-state index contributed by atoms with van der Waals surface area (Å²) in [4.78, 5) is 15.0. The summed E-state index contributed by atoms with van der Waals surface area (Å²) in [6.07, 6.45) is 0.395. The first-order valence-corrected chi connectivity index (χ1v) is 6.73. The molecule has 1 aromatic carbocycles. The second kappa shape index (κ2) is 5.81. The van der Waals surface area contributed by atoms with Crippen molar-refractivity contribution in [3.8, 4) is 5.75 Å². The van der Waals surface area contributed by atoms with Gasteiger partial charge in [0, 0.05) is 11.5 Å². The Kier molecular flexibility index (Phi) is 4.27. The quantitative estimate of drug-likeness (QED) is 0.628. The molecule has 0 spiro atoms. The lowest BCUT2D eigenvalue weighted by atomic mass is 10.0. The van der Waals surface area contributed by atoms with Crippen LogP contribution in [-0.4, -0.2) is 17.0 Å². The minimum atomic E-state index is -0.589. The molecule has 0 atom stereocenters. The van der Waals surface area contributed by atoms with Crippen molar-refractivity contribution in [2.75, 3.05) is 7.11 Å². The lowest BCUT2D eigenvalue weighted by Gasteiger charge is -2.11. The van der Waals surface area contributed by atoms with Crippen LogP contribution in [0.5, 0.6) is 5.75 Å². The van der Waals surface area contributed by atoms with E-state index in [-0.39, 0.29) is 33.5 Å². The lowest BCUT2D eigenvalue weighted by molar-refractivity contribution is -0.385. The highest BCUT2D eigenvalue weighted by Gasteiger charge is 2.25. The van der Waals surface area contributed by atoms with Crippen LogP contribution in [0.1, 0.15) is 19.5 Å². The molecule has 2 rings (SSSR count). The molecule has 21 heavy (non-hydrogen) atoms. The van der Waals surface area contributed by atoms with E-state index < -0.39 is 10.7 Å². The summed E-state index contributed by atoms with van der Waals surface area (Å²) < 4.78 is 18.7. The number of ether oxygens (including phenoxy) is 1. The summed E-state index contributed by atoms with van der Waals surface area (Å²) in [5.74, 6) is -0.225. The van der Waals surface area contributed by atoms with Gasteiger partial charge >= 0.3 is 5.69 Å². The molecule has 0 N–H and O–H groups in total. The Morgan fingerprint density at radius 3 is 2.67 bits per heavy atom. The second-order valence-corrected chi connectivity index (χ2v) is 5.46. The van der Waals surface area contributed by atoms with Crippen molar-refractivity contribution in [1.82, 2.24) is 4.98 Å². The number of methoxy groups -OCH3 is 1. The van der Waals surface area contributed by atoms with Crippen LogP contribution in [-0.2, 0) is 6.42 Å². The standard InChI is InChI=1S/C14H14ClFN2O3/c1-7(2)4-10-14(18(19)20)12(15)9-5-8(16)6-11(21-3)13(9)17-10/h5-7H,4H2,1-3H3. The van der Waals surface area contributed by atoms with Gasteiger partial charge in [-0.15, -0.1) is 0 Å². The van der Waals surface area contributed by atoms with Gasteiger partial charge in [-0.2, -0.15) is 0 Å². The number of fused-ring (bicyclic) bond motifs is 1. The Morgan fingerprint density at radius 1 is 1.48 bits per heavy atom. The maximum Gasteiger partial charge on any atom is 0.309 e. The third kappa shape index (κ3) is 2.90. The average Bonchev–Trinajstić information content (AvgIpc) is 2.38. The first-order chi connectivity index (χ1) is 9.85. The van der Waals surface area contributed by atoms with Crippen LogP contribution in [0.15, 0.2) is 12.1 Å². The van der Waals surface area contributed by atoms with E-state index in [1.165, 1.54) is 13.2 Å². The molecule has 5 nitrogen and oxygen atoms in total. The Balaban J connectivity index is 2.86. The molecule has 0 bridgehead atoms. The summed E-state index contributed by atoms with van der Waals surface area (Å²) in [6, 6.07) is 2.30. The molecule has 112 valence electrons. The Bertz CT molecular complexity index is 719. The van der Waals surface area contributed by atoms with E-state index in [0.717, 1.165) is 6.07 Å². The Labute approximate surface area is 125 Å². The average molecular weight is 313 g/mol. The molecule has 7 heteroatoms. The van der Waals surface area contributed by atoms with Crippen molar-refractivity contribution in [1.29, 1.82) is 0 Å². The first-order valence-electron chi connectivity index (χ1n) is 6.35. The van der Waals surface area contributed by atoms with Crippen LogP contribution in [0, 0.1) is 21.8 Å². The van der Waals surface area contributed by atoms with Crippen molar-refractivity contribution in [2.24, 2.45) is 5.92 Å². The SMILES string of the molecule is COc1cc(F)cc2c(Cl)c([N+](=O)[O-])c(CC(C)C)nc12.